The fourth-order valence-corrected chi connectivity index (χ4v) is 3.18. The number of nitrogens with one attached hydrogen (secondary N) is 1. The van der Waals surface area contributed by atoms with Crippen molar-refractivity contribution in [1.82, 2.24) is 5.32 Å². The quantitative estimate of drug-likeness (QED) is 0.605. The molecule has 0 saturated heterocycles. The van der Waals surface area contributed by atoms with Gasteiger partial charge in [-0.1, -0.05) is 54.1 Å². The summed E-state index contributed by atoms with van der Waals surface area (Å²) in [5.74, 6) is -0.535. The normalized spacial score (nSPS) is 11.6. The summed E-state index contributed by atoms with van der Waals surface area (Å²) in [7, 11) is 1.31. The van der Waals surface area contributed by atoms with Gasteiger partial charge in [-0.25, -0.2) is 4.79 Å². The average Bonchev–Trinajstić information content (AvgIpc) is 2.60. The number of amides is 1. The number of carbonyl (C=O) groups is 2. The number of rotatable bonds is 7. The van der Waals surface area contributed by atoms with E-state index in [-0.39, 0.29) is 11.7 Å². The number of esters is 1. The molecule has 126 valence electrons. The van der Waals surface area contributed by atoms with Gasteiger partial charge in [-0.2, -0.15) is 0 Å². The molecule has 2 aromatic rings. The summed E-state index contributed by atoms with van der Waals surface area (Å²) in [5, 5.41) is 3.33. The summed E-state index contributed by atoms with van der Waals surface area (Å²) >= 11 is 7.39. The summed E-state index contributed by atoms with van der Waals surface area (Å²) in [6.07, 6.45) is 0.385. The van der Waals surface area contributed by atoms with Crippen molar-refractivity contribution in [2.45, 2.75) is 17.4 Å². The highest BCUT2D eigenvalue weighted by molar-refractivity contribution is 8.00. The van der Waals surface area contributed by atoms with Gasteiger partial charge in [0.2, 0.25) is 5.91 Å². The molecule has 24 heavy (non-hydrogen) atoms. The first-order valence-corrected chi connectivity index (χ1v) is 8.75. The van der Waals surface area contributed by atoms with Gasteiger partial charge in [-0.3, -0.25) is 4.79 Å². The lowest BCUT2D eigenvalue weighted by molar-refractivity contribution is -0.144. The molecule has 1 amide bonds. The Kier molecular flexibility index (Phi) is 7.15. The molecule has 1 N–H and O–H groups in total. The predicted molar refractivity (Wildman–Crippen MR) is 96.3 cm³/mol. The minimum absolute atomic E-state index is 0.173. The Bertz CT molecular complexity index is 694. The molecule has 0 bridgehead atoms. The molecule has 0 fully saturated rings. The minimum atomic E-state index is -0.711. The number of methoxy groups -OCH3 is 1. The lowest BCUT2D eigenvalue weighted by atomic mass is 10.1. The van der Waals surface area contributed by atoms with Crippen LogP contribution in [0.2, 0.25) is 5.02 Å². The van der Waals surface area contributed by atoms with Gasteiger partial charge in [0.15, 0.2) is 0 Å². The highest BCUT2D eigenvalue weighted by Crippen LogP contribution is 2.26. The van der Waals surface area contributed by atoms with E-state index < -0.39 is 12.0 Å². The van der Waals surface area contributed by atoms with E-state index in [2.05, 4.69) is 5.32 Å². The standard InChI is InChI=1S/C18H18ClNO3S/c1-23-18(22)15(11-13-7-3-2-4-8-13)20-17(21)12-24-16-10-6-5-9-14(16)19/h2-10,15H,11-12H2,1H3,(H,20,21). The number of thioether (sulfide) groups is 1. The number of hydrogen-bond donors (Lipinski definition) is 1. The van der Waals surface area contributed by atoms with E-state index in [0.29, 0.717) is 11.4 Å². The lowest BCUT2D eigenvalue weighted by Gasteiger charge is -2.16. The predicted octanol–water partition coefficient (Wildman–Crippen LogP) is 3.33. The maximum Gasteiger partial charge on any atom is 0.328 e. The van der Waals surface area contributed by atoms with Crippen molar-refractivity contribution in [2.75, 3.05) is 12.9 Å². The monoisotopic (exact) mass is 363 g/mol. The van der Waals surface area contributed by atoms with Crippen LogP contribution in [-0.2, 0) is 20.7 Å². The molecule has 0 aromatic heterocycles. The molecule has 1 atom stereocenters. The second kappa shape index (κ2) is 9.35. The summed E-state index contributed by atoms with van der Waals surface area (Å²) in [4.78, 5) is 24.9. The van der Waals surface area contributed by atoms with Gasteiger partial charge in [0.25, 0.3) is 0 Å². The van der Waals surface area contributed by atoms with Crippen molar-refractivity contribution in [1.29, 1.82) is 0 Å². The average molecular weight is 364 g/mol. The third-order valence-corrected chi connectivity index (χ3v) is 4.81. The van der Waals surface area contributed by atoms with Crippen LogP contribution in [0.15, 0.2) is 59.5 Å². The molecule has 0 aliphatic heterocycles. The van der Waals surface area contributed by atoms with Gasteiger partial charge in [0, 0.05) is 11.3 Å². The molecule has 0 heterocycles. The molecule has 6 heteroatoms. The maximum atomic E-state index is 12.2. The van der Waals surface area contributed by atoms with E-state index >= 15 is 0 Å². The first kappa shape index (κ1) is 18.4. The van der Waals surface area contributed by atoms with Gasteiger partial charge in [-0.15, -0.1) is 11.8 Å². The Morgan fingerprint density at radius 1 is 1.12 bits per heavy atom. The van der Waals surface area contributed by atoms with Crippen molar-refractivity contribution in [3.8, 4) is 0 Å². The molecule has 0 aliphatic carbocycles. The molecule has 0 saturated carbocycles. The first-order chi connectivity index (χ1) is 11.6. The Balaban J connectivity index is 1.94. The van der Waals surface area contributed by atoms with Crippen LogP contribution in [0.5, 0.6) is 0 Å². The van der Waals surface area contributed by atoms with Crippen molar-refractivity contribution in [2.24, 2.45) is 0 Å². The van der Waals surface area contributed by atoms with Crippen LogP contribution in [0, 0.1) is 0 Å². The Morgan fingerprint density at radius 3 is 2.46 bits per heavy atom. The highest BCUT2D eigenvalue weighted by Gasteiger charge is 2.22. The van der Waals surface area contributed by atoms with E-state index in [0.717, 1.165) is 10.5 Å². The summed E-state index contributed by atoms with van der Waals surface area (Å²) in [5.41, 5.74) is 0.951. The van der Waals surface area contributed by atoms with E-state index in [9.17, 15) is 9.59 Å². The smallest absolute Gasteiger partial charge is 0.328 e. The van der Waals surface area contributed by atoms with Gasteiger partial charge >= 0.3 is 5.97 Å². The van der Waals surface area contributed by atoms with Crippen LogP contribution in [0.1, 0.15) is 5.56 Å². The number of benzene rings is 2. The van der Waals surface area contributed by atoms with Crippen LogP contribution in [0.4, 0.5) is 0 Å². The first-order valence-electron chi connectivity index (χ1n) is 7.38. The van der Waals surface area contributed by atoms with E-state index in [4.69, 9.17) is 16.3 Å². The van der Waals surface area contributed by atoms with Crippen LogP contribution >= 0.6 is 23.4 Å². The summed E-state index contributed by atoms with van der Waals surface area (Å²) in [6, 6.07) is 16.1. The van der Waals surface area contributed by atoms with Crippen LogP contribution in [0.25, 0.3) is 0 Å². The lowest BCUT2D eigenvalue weighted by Crippen LogP contribution is -2.43. The molecule has 4 nitrogen and oxygen atoms in total. The molecule has 0 aliphatic rings. The molecule has 2 aromatic carbocycles. The van der Waals surface area contributed by atoms with E-state index in [1.165, 1.54) is 18.9 Å². The fraction of sp³-hybridized carbons (Fsp3) is 0.222. The van der Waals surface area contributed by atoms with Crippen molar-refractivity contribution in [3.63, 3.8) is 0 Å². The number of halogens is 1. The number of hydrogen-bond acceptors (Lipinski definition) is 4. The second-order valence-corrected chi connectivity index (χ2v) is 6.48. The zero-order valence-corrected chi connectivity index (χ0v) is 14.8. The SMILES string of the molecule is COC(=O)C(Cc1ccccc1)NC(=O)CSc1ccccc1Cl. The van der Waals surface area contributed by atoms with Gasteiger partial charge < -0.3 is 10.1 Å². The molecule has 0 spiro atoms. The van der Waals surface area contributed by atoms with Crippen molar-refractivity contribution < 1.29 is 14.3 Å². The Labute approximate surface area is 150 Å². The fourth-order valence-electron chi connectivity index (χ4n) is 2.13. The molecular weight excluding hydrogens is 346 g/mol. The Hall–Kier alpha value is -1.98. The van der Waals surface area contributed by atoms with Gasteiger partial charge in [0.1, 0.15) is 6.04 Å². The summed E-state index contributed by atoms with van der Waals surface area (Å²) < 4.78 is 4.79. The van der Waals surface area contributed by atoms with Crippen LogP contribution in [-0.4, -0.2) is 30.8 Å². The largest absolute Gasteiger partial charge is 0.467 e. The van der Waals surface area contributed by atoms with Gasteiger partial charge in [0.05, 0.1) is 17.9 Å². The van der Waals surface area contributed by atoms with Crippen LogP contribution in [0.3, 0.4) is 0 Å². The maximum absolute atomic E-state index is 12.2. The molecular formula is C18H18ClNO3S. The molecule has 0 radical (unpaired) electrons. The number of ether oxygens (including phenoxy) is 1. The second-order valence-electron chi connectivity index (χ2n) is 5.05. The zero-order valence-electron chi connectivity index (χ0n) is 13.2. The highest BCUT2D eigenvalue weighted by atomic mass is 35.5. The third-order valence-electron chi connectivity index (χ3n) is 3.30. The van der Waals surface area contributed by atoms with Crippen molar-refractivity contribution in [3.05, 3.63) is 65.2 Å². The topological polar surface area (TPSA) is 55.4 Å². The molecule has 1 unspecified atom stereocenters. The third kappa shape index (κ3) is 5.58. The zero-order chi connectivity index (χ0) is 17.4. The number of carbonyl (C=O) groups excluding carboxylic acids is 2. The summed E-state index contributed by atoms with van der Waals surface area (Å²) in [6.45, 7) is 0. The van der Waals surface area contributed by atoms with Crippen molar-refractivity contribution >= 4 is 35.2 Å². The van der Waals surface area contributed by atoms with E-state index in [1.54, 1.807) is 6.07 Å². The molecule has 2 rings (SSSR count). The van der Waals surface area contributed by atoms with E-state index in [1.807, 2.05) is 48.5 Å². The van der Waals surface area contributed by atoms with Gasteiger partial charge in [-0.05, 0) is 17.7 Å². The van der Waals surface area contributed by atoms with Crippen LogP contribution < -0.4 is 5.32 Å². The minimum Gasteiger partial charge on any atom is -0.467 e. The Morgan fingerprint density at radius 2 is 1.79 bits per heavy atom.